The Morgan fingerprint density at radius 2 is 1.73 bits per heavy atom. The van der Waals surface area contributed by atoms with Crippen LogP contribution in [-0.2, 0) is 15.0 Å². The summed E-state index contributed by atoms with van der Waals surface area (Å²) >= 11 is 0. The Labute approximate surface area is 239 Å². The summed E-state index contributed by atoms with van der Waals surface area (Å²) in [7, 11) is 0. The predicted molar refractivity (Wildman–Crippen MR) is 156 cm³/mol. The maximum atomic E-state index is 14.9. The largest absolute Gasteiger partial charge is 0.454 e. The number of ketones is 2. The monoisotopic (exact) mass is 548 g/mol. The molecule has 1 fully saturated rings. The number of rotatable bonds is 3. The number of carbonyl (C=O) groups is 3. The number of Topliss-reactive ketones (excluding diaryl/α,β-unsaturated/α-hetero) is 2. The molecule has 0 unspecified atom stereocenters. The van der Waals surface area contributed by atoms with Crippen molar-refractivity contribution >= 4 is 34.4 Å². The lowest BCUT2D eigenvalue weighted by molar-refractivity contribution is -0.128. The predicted octanol–water partition coefficient (Wildman–Crippen LogP) is 5.70. The highest BCUT2D eigenvalue weighted by Gasteiger charge is 2.71. The van der Waals surface area contributed by atoms with E-state index in [1.807, 2.05) is 71.0 Å². The zero-order valence-corrected chi connectivity index (χ0v) is 23.8. The topological polar surface area (TPSA) is 84.9 Å². The minimum Gasteiger partial charge on any atom is -0.454 e. The zero-order valence-electron chi connectivity index (χ0n) is 23.8. The summed E-state index contributed by atoms with van der Waals surface area (Å²) in [5.41, 5.74) is 3.66. The number of anilines is 2. The first-order chi connectivity index (χ1) is 19.5. The van der Waals surface area contributed by atoms with Crippen LogP contribution in [0.3, 0.4) is 0 Å². The van der Waals surface area contributed by atoms with Crippen LogP contribution in [0, 0.1) is 18.3 Å². The fraction of sp³-hybridized carbons (Fsp3) is 0.324. The molecule has 7 heteroatoms. The van der Waals surface area contributed by atoms with Crippen molar-refractivity contribution in [2.24, 2.45) is 11.3 Å². The number of para-hydroxylation sites is 1. The van der Waals surface area contributed by atoms with Crippen LogP contribution in [0.1, 0.15) is 54.7 Å². The lowest BCUT2D eigenvalue weighted by Gasteiger charge is -2.40. The Morgan fingerprint density at radius 3 is 2.51 bits per heavy atom. The molecule has 1 spiro atoms. The van der Waals surface area contributed by atoms with Crippen molar-refractivity contribution in [1.29, 1.82) is 0 Å². The molecule has 4 aliphatic heterocycles. The number of amides is 1. The van der Waals surface area contributed by atoms with E-state index < -0.39 is 28.8 Å². The number of aryl methyl sites for hydroxylation is 1. The summed E-state index contributed by atoms with van der Waals surface area (Å²) in [4.78, 5) is 46.0. The van der Waals surface area contributed by atoms with Crippen LogP contribution in [0.5, 0.6) is 11.5 Å². The van der Waals surface area contributed by atoms with E-state index in [1.54, 1.807) is 18.2 Å². The van der Waals surface area contributed by atoms with Crippen LogP contribution in [0.25, 0.3) is 5.57 Å². The molecule has 4 aliphatic rings. The third-order valence-electron chi connectivity index (χ3n) is 9.08. The maximum Gasteiger partial charge on any atom is 0.238 e. The van der Waals surface area contributed by atoms with Crippen molar-refractivity contribution in [1.82, 2.24) is 0 Å². The van der Waals surface area contributed by atoms with Crippen LogP contribution in [0.2, 0.25) is 0 Å². The number of benzene rings is 3. The van der Waals surface area contributed by atoms with Gasteiger partial charge in [0.25, 0.3) is 0 Å². The Hall–Kier alpha value is -4.39. The number of ether oxygens (including phenoxy) is 2. The van der Waals surface area contributed by atoms with Crippen LogP contribution in [-0.4, -0.2) is 36.4 Å². The van der Waals surface area contributed by atoms with E-state index in [0.717, 1.165) is 28.0 Å². The molecule has 0 aromatic heterocycles. The van der Waals surface area contributed by atoms with Crippen molar-refractivity contribution in [2.45, 2.75) is 52.1 Å². The molecule has 1 saturated heterocycles. The van der Waals surface area contributed by atoms with E-state index in [0.29, 0.717) is 22.7 Å². The first-order valence-electron chi connectivity index (χ1n) is 14.0. The van der Waals surface area contributed by atoms with Gasteiger partial charge in [-0.1, -0.05) is 56.7 Å². The highest BCUT2D eigenvalue weighted by Crippen LogP contribution is 2.59. The van der Waals surface area contributed by atoms with Gasteiger partial charge >= 0.3 is 0 Å². The molecule has 0 bridgehead atoms. The number of hydrogen-bond acceptors (Lipinski definition) is 6. The summed E-state index contributed by atoms with van der Waals surface area (Å²) < 4.78 is 11.1. The second-order valence-electron chi connectivity index (χ2n) is 12.6. The van der Waals surface area contributed by atoms with Crippen LogP contribution in [0.4, 0.5) is 11.4 Å². The highest BCUT2D eigenvalue weighted by molar-refractivity contribution is 6.17. The minimum absolute atomic E-state index is 0.0807. The summed E-state index contributed by atoms with van der Waals surface area (Å²) in [6.07, 6.45) is 2.08. The lowest BCUT2D eigenvalue weighted by atomic mass is 9.63. The van der Waals surface area contributed by atoms with Crippen LogP contribution >= 0.6 is 0 Å². The van der Waals surface area contributed by atoms with Gasteiger partial charge in [0.1, 0.15) is 11.5 Å². The third-order valence-corrected chi connectivity index (χ3v) is 9.08. The smallest absolute Gasteiger partial charge is 0.238 e. The molecule has 0 saturated carbocycles. The molecule has 0 aliphatic carbocycles. The van der Waals surface area contributed by atoms with E-state index >= 15 is 0 Å². The van der Waals surface area contributed by atoms with Gasteiger partial charge in [0.05, 0.1) is 12.0 Å². The summed E-state index contributed by atoms with van der Waals surface area (Å²) in [5.74, 6) is -0.584. The Kier molecular flexibility index (Phi) is 5.34. The number of nitrogens with zero attached hydrogens (tertiary/aromatic N) is 1. The average molecular weight is 549 g/mol. The molecule has 1 N–H and O–H groups in total. The second-order valence-corrected chi connectivity index (χ2v) is 12.6. The first-order valence-corrected chi connectivity index (χ1v) is 14.0. The molecule has 41 heavy (non-hydrogen) atoms. The molecule has 4 atom stereocenters. The molecule has 7 rings (SSSR count). The molecule has 7 nitrogen and oxygen atoms in total. The van der Waals surface area contributed by atoms with Crippen molar-refractivity contribution in [3.63, 3.8) is 0 Å². The minimum atomic E-state index is -1.33. The second kappa shape index (κ2) is 8.56. The van der Waals surface area contributed by atoms with Crippen molar-refractivity contribution in [2.75, 3.05) is 17.0 Å². The normalized spacial score (nSPS) is 25.4. The quantitative estimate of drug-likeness (QED) is 0.423. The number of allylic oxidation sites excluding steroid dienone is 1. The van der Waals surface area contributed by atoms with E-state index in [9.17, 15) is 14.4 Å². The van der Waals surface area contributed by atoms with Gasteiger partial charge in [-0.25, -0.2) is 0 Å². The molecule has 3 aromatic carbocycles. The number of hydrogen-bond donors (Lipinski definition) is 1. The molecule has 4 heterocycles. The number of carbonyl (C=O) groups excluding carboxylic acids is 3. The van der Waals surface area contributed by atoms with Gasteiger partial charge in [-0.3, -0.25) is 14.4 Å². The number of nitrogens with one attached hydrogen (secondary N) is 1. The van der Waals surface area contributed by atoms with Crippen LogP contribution < -0.4 is 19.7 Å². The van der Waals surface area contributed by atoms with E-state index in [-0.39, 0.29) is 24.3 Å². The van der Waals surface area contributed by atoms with Gasteiger partial charge in [-0.05, 0) is 61.4 Å². The van der Waals surface area contributed by atoms with E-state index in [2.05, 4.69) is 22.4 Å². The van der Waals surface area contributed by atoms with Crippen molar-refractivity contribution in [3.05, 3.63) is 89.0 Å². The molecule has 208 valence electrons. The third kappa shape index (κ3) is 3.41. The fourth-order valence-electron chi connectivity index (χ4n) is 7.22. The fourth-order valence-corrected chi connectivity index (χ4v) is 7.22. The van der Waals surface area contributed by atoms with E-state index in [4.69, 9.17) is 9.47 Å². The first kappa shape index (κ1) is 25.6. The van der Waals surface area contributed by atoms with Crippen LogP contribution in [0.15, 0.2) is 66.7 Å². The summed E-state index contributed by atoms with van der Waals surface area (Å²) in [6.45, 7) is 9.78. The Bertz CT molecular complexity index is 1700. The Morgan fingerprint density at radius 1 is 0.976 bits per heavy atom. The molecular weight excluding hydrogens is 516 g/mol. The van der Waals surface area contributed by atoms with Gasteiger partial charge in [0.15, 0.2) is 23.1 Å². The SMILES string of the molecule is CC1=C[C@@H]2N(c3ccc(C)cc31)[C@H](C(=O)C(C)(C)C)[C@@H](C(=O)c1ccc3c(c1)OCO3)[C@]21C(=O)Nc2ccccc21. The maximum absolute atomic E-state index is 14.9. The van der Waals surface area contributed by atoms with E-state index in [1.165, 1.54) is 0 Å². The molecule has 1 amide bonds. The van der Waals surface area contributed by atoms with Gasteiger partial charge in [-0.15, -0.1) is 0 Å². The molecule has 3 aromatic rings. The van der Waals surface area contributed by atoms with Gasteiger partial charge in [-0.2, -0.15) is 0 Å². The average Bonchev–Trinajstić information content (AvgIpc) is 3.61. The standard InChI is InChI=1S/C34H32N2O5/c1-18-10-12-24-21(14-18)19(2)15-27-34(22-8-6-7-9-23(22)35-32(34)39)28(29(36(24)27)31(38)33(3,4)5)30(37)20-11-13-25-26(16-20)41-17-40-25/h6-16,27-29H,17H2,1-5H3,(H,35,39)/t27-,28-,29-,34+/m0/s1. The van der Waals surface area contributed by atoms with Gasteiger partial charge < -0.3 is 19.7 Å². The zero-order chi connectivity index (χ0) is 28.8. The van der Waals surface area contributed by atoms with Gasteiger partial charge in [0, 0.05) is 27.9 Å². The summed E-state index contributed by atoms with van der Waals surface area (Å²) in [6, 6.07) is 17.4. The Balaban J connectivity index is 1.54. The molecule has 0 radical (unpaired) electrons. The molecular formula is C34H32N2O5. The van der Waals surface area contributed by atoms with Gasteiger partial charge in [0.2, 0.25) is 12.7 Å². The van der Waals surface area contributed by atoms with Crippen molar-refractivity contribution < 1.29 is 23.9 Å². The summed E-state index contributed by atoms with van der Waals surface area (Å²) in [5, 5.41) is 3.08. The van der Waals surface area contributed by atoms with Crippen molar-refractivity contribution in [3.8, 4) is 11.5 Å². The lowest BCUT2D eigenvalue weighted by Crippen LogP contribution is -2.51. The number of fused-ring (bicyclic) bond motifs is 7. The highest BCUT2D eigenvalue weighted by atomic mass is 16.7.